The molecule has 2 aromatic rings. The van der Waals surface area contributed by atoms with Crippen LogP contribution >= 0.6 is 11.6 Å². The molecule has 0 aliphatic carbocycles. The fourth-order valence-electron chi connectivity index (χ4n) is 1.65. The molecule has 0 radical (unpaired) electrons. The Morgan fingerprint density at radius 2 is 2.14 bits per heavy atom. The Kier molecular flexibility index (Phi) is 4.51. The molecule has 9 heteroatoms. The van der Waals surface area contributed by atoms with Crippen molar-refractivity contribution < 1.29 is 9.59 Å². The zero-order valence-corrected chi connectivity index (χ0v) is 11.7. The minimum absolute atomic E-state index is 0.0117. The van der Waals surface area contributed by atoms with Crippen LogP contribution in [-0.2, 0) is 17.9 Å². The number of hydrogen-bond acceptors (Lipinski definition) is 5. The Labute approximate surface area is 125 Å². The second kappa shape index (κ2) is 6.33. The highest BCUT2D eigenvalue weighted by molar-refractivity contribution is 6.34. The maximum Gasteiger partial charge on any atom is 0.250 e. The summed E-state index contributed by atoms with van der Waals surface area (Å²) in [5.41, 5.74) is 11.8. The number of rotatable bonds is 5. The predicted octanol–water partition coefficient (Wildman–Crippen LogP) is 0.128. The molecule has 2 rings (SSSR count). The minimum atomic E-state index is -0.630. The van der Waals surface area contributed by atoms with E-state index in [1.54, 1.807) is 6.20 Å². The quantitative estimate of drug-likeness (QED) is 0.723. The van der Waals surface area contributed by atoms with Crippen molar-refractivity contribution in [3.8, 4) is 0 Å². The topological polar surface area (TPSA) is 129 Å². The van der Waals surface area contributed by atoms with Crippen molar-refractivity contribution in [2.45, 2.75) is 13.1 Å². The summed E-state index contributed by atoms with van der Waals surface area (Å²) in [4.78, 5) is 22.9. The highest BCUT2D eigenvalue weighted by Crippen LogP contribution is 2.20. The van der Waals surface area contributed by atoms with Crippen LogP contribution < -0.4 is 16.8 Å². The Morgan fingerprint density at radius 3 is 2.71 bits per heavy atom. The zero-order valence-electron chi connectivity index (χ0n) is 10.9. The van der Waals surface area contributed by atoms with Crippen molar-refractivity contribution in [2.24, 2.45) is 11.5 Å². The SMILES string of the molecule is NCc1cn(CC(=O)Nc2ccc(C(N)=O)c(Cl)c2)nn1. The van der Waals surface area contributed by atoms with Gasteiger partial charge in [0.05, 0.1) is 22.5 Å². The van der Waals surface area contributed by atoms with Crippen molar-refractivity contribution in [3.63, 3.8) is 0 Å². The highest BCUT2D eigenvalue weighted by Gasteiger charge is 2.10. The lowest BCUT2D eigenvalue weighted by Crippen LogP contribution is -2.19. The first kappa shape index (κ1) is 14.9. The van der Waals surface area contributed by atoms with E-state index in [4.69, 9.17) is 23.1 Å². The first-order chi connectivity index (χ1) is 9.99. The van der Waals surface area contributed by atoms with Gasteiger partial charge in [-0.15, -0.1) is 5.10 Å². The van der Waals surface area contributed by atoms with Crippen LogP contribution in [-0.4, -0.2) is 26.8 Å². The van der Waals surface area contributed by atoms with Crippen molar-refractivity contribution in [1.29, 1.82) is 0 Å². The van der Waals surface area contributed by atoms with Crippen LogP contribution in [0.3, 0.4) is 0 Å². The van der Waals surface area contributed by atoms with E-state index in [1.165, 1.54) is 22.9 Å². The third-order valence-corrected chi connectivity index (χ3v) is 2.93. The molecule has 1 aromatic carbocycles. The molecule has 1 heterocycles. The van der Waals surface area contributed by atoms with Gasteiger partial charge in [0.1, 0.15) is 6.54 Å². The van der Waals surface area contributed by atoms with Crippen LogP contribution in [0.25, 0.3) is 0 Å². The standard InChI is InChI=1S/C12H13ClN6O2/c13-10-3-7(1-2-9(10)12(15)21)16-11(20)6-19-5-8(4-14)17-18-19/h1-3,5H,4,6,14H2,(H2,15,21)(H,16,20). The molecule has 0 atom stereocenters. The summed E-state index contributed by atoms with van der Waals surface area (Å²) in [6, 6.07) is 4.44. The molecule has 21 heavy (non-hydrogen) atoms. The largest absolute Gasteiger partial charge is 0.366 e. The van der Waals surface area contributed by atoms with Gasteiger partial charge < -0.3 is 16.8 Å². The van der Waals surface area contributed by atoms with E-state index in [1.807, 2.05) is 0 Å². The maximum absolute atomic E-state index is 11.8. The first-order valence-corrected chi connectivity index (χ1v) is 6.35. The number of primary amides is 1. The summed E-state index contributed by atoms with van der Waals surface area (Å²) < 4.78 is 1.37. The number of anilines is 1. The van der Waals surface area contributed by atoms with E-state index in [0.29, 0.717) is 11.4 Å². The number of hydrogen-bond donors (Lipinski definition) is 3. The molecule has 0 saturated heterocycles. The maximum atomic E-state index is 11.8. The van der Waals surface area contributed by atoms with E-state index >= 15 is 0 Å². The van der Waals surface area contributed by atoms with Gasteiger partial charge in [0.25, 0.3) is 0 Å². The van der Waals surface area contributed by atoms with Gasteiger partial charge in [-0.3, -0.25) is 9.59 Å². The number of halogens is 1. The second-order valence-electron chi connectivity index (χ2n) is 4.22. The van der Waals surface area contributed by atoms with Gasteiger partial charge in [0, 0.05) is 12.2 Å². The summed E-state index contributed by atoms with van der Waals surface area (Å²) in [5.74, 6) is -0.943. The zero-order chi connectivity index (χ0) is 15.4. The number of nitrogens with two attached hydrogens (primary N) is 2. The number of nitrogens with one attached hydrogen (secondary N) is 1. The summed E-state index contributed by atoms with van der Waals surface area (Å²) in [6.45, 7) is 0.244. The number of nitrogens with zero attached hydrogens (tertiary/aromatic N) is 3. The Morgan fingerprint density at radius 1 is 1.38 bits per heavy atom. The number of amides is 2. The molecule has 0 aliphatic rings. The fraction of sp³-hybridized carbons (Fsp3) is 0.167. The molecule has 5 N–H and O–H groups in total. The van der Waals surface area contributed by atoms with E-state index in [2.05, 4.69) is 15.6 Å². The van der Waals surface area contributed by atoms with Crippen molar-refractivity contribution in [2.75, 3.05) is 5.32 Å². The summed E-state index contributed by atoms with van der Waals surface area (Å²) >= 11 is 5.90. The third kappa shape index (κ3) is 3.77. The van der Waals surface area contributed by atoms with Gasteiger partial charge in [-0.1, -0.05) is 16.8 Å². The Balaban J connectivity index is 2.02. The lowest BCUT2D eigenvalue weighted by atomic mass is 10.2. The van der Waals surface area contributed by atoms with Crippen LogP contribution in [0.5, 0.6) is 0 Å². The van der Waals surface area contributed by atoms with Crippen LogP contribution in [0, 0.1) is 0 Å². The molecule has 0 saturated carbocycles. The fourth-order valence-corrected chi connectivity index (χ4v) is 1.92. The van der Waals surface area contributed by atoms with Gasteiger partial charge in [-0.2, -0.15) is 0 Å². The van der Waals surface area contributed by atoms with E-state index in [-0.39, 0.29) is 29.6 Å². The van der Waals surface area contributed by atoms with Crippen molar-refractivity contribution >= 4 is 29.1 Å². The normalized spacial score (nSPS) is 10.4. The lowest BCUT2D eigenvalue weighted by Gasteiger charge is -2.07. The van der Waals surface area contributed by atoms with Crippen LogP contribution in [0.1, 0.15) is 16.1 Å². The van der Waals surface area contributed by atoms with E-state index < -0.39 is 5.91 Å². The number of aromatic nitrogens is 3. The van der Waals surface area contributed by atoms with Gasteiger partial charge in [-0.25, -0.2) is 4.68 Å². The molecular formula is C12H13ClN6O2. The van der Waals surface area contributed by atoms with Gasteiger partial charge in [0.2, 0.25) is 11.8 Å². The molecular weight excluding hydrogens is 296 g/mol. The average molecular weight is 309 g/mol. The average Bonchev–Trinajstić information content (AvgIpc) is 2.85. The lowest BCUT2D eigenvalue weighted by molar-refractivity contribution is -0.116. The minimum Gasteiger partial charge on any atom is -0.366 e. The molecule has 8 nitrogen and oxygen atoms in total. The number of benzene rings is 1. The predicted molar refractivity (Wildman–Crippen MR) is 76.5 cm³/mol. The van der Waals surface area contributed by atoms with Crippen molar-refractivity contribution in [3.05, 3.63) is 40.7 Å². The molecule has 2 amide bonds. The number of carbonyl (C=O) groups is 2. The second-order valence-corrected chi connectivity index (χ2v) is 4.63. The first-order valence-electron chi connectivity index (χ1n) is 5.98. The van der Waals surface area contributed by atoms with Gasteiger partial charge in [-0.05, 0) is 18.2 Å². The summed E-state index contributed by atoms with van der Waals surface area (Å²) in [5, 5.41) is 10.3. The summed E-state index contributed by atoms with van der Waals surface area (Å²) in [6.07, 6.45) is 1.59. The Bertz CT molecular complexity index is 684. The van der Waals surface area contributed by atoms with Gasteiger partial charge >= 0.3 is 0 Å². The third-order valence-electron chi connectivity index (χ3n) is 2.62. The van der Waals surface area contributed by atoms with Gasteiger partial charge in [0.15, 0.2) is 0 Å². The molecule has 0 bridgehead atoms. The molecule has 0 fully saturated rings. The molecule has 1 aromatic heterocycles. The van der Waals surface area contributed by atoms with Crippen LogP contribution in [0.15, 0.2) is 24.4 Å². The van der Waals surface area contributed by atoms with Crippen LogP contribution in [0.2, 0.25) is 5.02 Å². The van der Waals surface area contributed by atoms with Crippen molar-refractivity contribution in [1.82, 2.24) is 15.0 Å². The Hall–Kier alpha value is -2.45. The molecule has 110 valence electrons. The molecule has 0 unspecified atom stereocenters. The molecule has 0 aliphatic heterocycles. The number of carbonyl (C=O) groups excluding carboxylic acids is 2. The van der Waals surface area contributed by atoms with E-state index in [9.17, 15) is 9.59 Å². The highest BCUT2D eigenvalue weighted by atomic mass is 35.5. The van der Waals surface area contributed by atoms with Crippen LogP contribution in [0.4, 0.5) is 5.69 Å². The smallest absolute Gasteiger partial charge is 0.250 e. The molecule has 0 spiro atoms. The summed E-state index contributed by atoms with van der Waals surface area (Å²) in [7, 11) is 0. The van der Waals surface area contributed by atoms with E-state index in [0.717, 1.165) is 0 Å². The monoisotopic (exact) mass is 308 g/mol.